The minimum atomic E-state index is -4.32. The van der Waals surface area contributed by atoms with Crippen LogP contribution in [-0.4, -0.2) is 87.1 Å². The van der Waals surface area contributed by atoms with Gasteiger partial charge in [0.2, 0.25) is 10.0 Å². The SMILES string of the molecule is CCCCN(CC(O)C(Cc1ccc(O)cc1)NC(=O)c1cc(C(=O)N(CCC)CCC)cc(S(N)(=O)=O)c1)NS(=O)(=O)c1ccccc1. The van der Waals surface area contributed by atoms with Crippen LogP contribution in [0.15, 0.2) is 82.6 Å². The van der Waals surface area contributed by atoms with Gasteiger partial charge < -0.3 is 20.4 Å². The summed E-state index contributed by atoms with van der Waals surface area (Å²) in [4.78, 5) is 31.0. The fourth-order valence-corrected chi connectivity index (χ4v) is 6.88. The number of aliphatic hydroxyl groups excluding tert-OH is 1. The molecule has 0 spiro atoms. The van der Waals surface area contributed by atoms with Gasteiger partial charge in [-0.05, 0) is 73.7 Å². The number of benzene rings is 3. The van der Waals surface area contributed by atoms with Gasteiger partial charge in [0.15, 0.2) is 0 Å². The zero-order chi connectivity index (χ0) is 36.2. The zero-order valence-corrected chi connectivity index (χ0v) is 29.7. The lowest BCUT2D eigenvalue weighted by molar-refractivity contribution is 0.0614. The third-order valence-corrected chi connectivity index (χ3v) is 9.97. The fraction of sp³-hybridized carbons (Fsp3) is 0.412. The number of primary sulfonamides is 1. The van der Waals surface area contributed by atoms with Crippen LogP contribution in [0.2, 0.25) is 0 Å². The molecule has 3 aromatic rings. The van der Waals surface area contributed by atoms with Crippen LogP contribution in [0, 0.1) is 0 Å². The van der Waals surface area contributed by atoms with Crippen LogP contribution >= 0.6 is 0 Å². The molecule has 0 aliphatic rings. The minimum Gasteiger partial charge on any atom is -0.508 e. The third kappa shape index (κ3) is 11.9. The van der Waals surface area contributed by atoms with Gasteiger partial charge in [-0.25, -0.2) is 27.0 Å². The number of phenols is 1. The predicted octanol–water partition coefficient (Wildman–Crippen LogP) is 3.00. The molecule has 0 aromatic heterocycles. The summed E-state index contributed by atoms with van der Waals surface area (Å²) in [5, 5.41) is 30.9. The van der Waals surface area contributed by atoms with Gasteiger partial charge in [-0.2, -0.15) is 0 Å². The van der Waals surface area contributed by atoms with Gasteiger partial charge >= 0.3 is 0 Å². The maximum Gasteiger partial charge on any atom is 0.253 e. The molecule has 0 aliphatic heterocycles. The molecule has 0 fully saturated rings. The molecule has 268 valence electrons. The second-order valence-electron chi connectivity index (χ2n) is 11.8. The number of carbonyl (C=O) groups is 2. The van der Waals surface area contributed by atoms with Gasteiger partial charge in [-0.15, -0.1) is 4.83 Å². The first-order chi connectivity index (χ1) is 23.2. The Morgan fingerprint density at radius 3 is 2.00 bits per heavy atom. The largest absolute Gasteiger partial charge is 0.508 e. The first-order valence-corrected chi connectivity index (χ1v) is 19.3. The molecule has 0 heterocycles. The number of aliphatic hydroxyl groups is 1. The Bertz CT molecular complexity index is 1750. The summed E-state index contributed by atoms with van der Waals surface area (Å²) in [6, 6.07) is 16.4. The molecule has 3 rings (SSSR count). The fourth-order valence-electron chi connectivity index (χ4n) is 5.17. The summed E-state index contributed by atoms with van der Waals surface area (Å²) < 4.78 is 51.2. The van der Waals surface area contributed by atoms with E-state index in [2.05, 4.69) is 10.1 Å². The number of nitrogens with one attached hydrogen (secondary N) is 2. The number of nitrogens with zero attached hydrogens (tertiary/aromatic N) is 2. The maximum atomic E-state index is 13.8. The van der Waals surface area contributed by atoms with E-state index in [0.717, 1.165) is 18.6 Å². The van der Waals surface area contributed by atoms with E-state index in [0.29, 0.717) is 37.9 Å². The molecular formula is C34H47N5O8S2. The Balaban J connectivity index is 1.98. The van der Waals surface area contributed by atoms with E-state index < -0.39 is 48.9 Å². The van der Waals surface area contributed by atoms with E-state index in [1.807, 2.05) is 20.8 Å². The standard InChI is InChI=1S/C34H47N5O8S2/c1-4-7-19-39(37-49(46,47)29-11-9-8-10-12-29)24-32(41)31(20-25-13-15-28(40)16-14-25)36-33(42)26-21-27(23-30(22-26)48(35,44)45)34(43)38(17-5-2)18-6-3/h8-16,21-23,31-32,37,40-41H,4-7,17-20,24H2,1-3H3,(H,36,42)(H2,35,44,45). The molecule has 0 aliphatic carbocycles. The number of hydrogen-bond donors (Lipinski definition) is 5. The lowest BCUT2D eigenvalue weighted by Gasteiger charge is -2.30. The van der Waals surface area contributed by atoms with Crippen molar-refractivity contribution in [3.8, 4) is 5.75 Å². The highest BCUT2D eigenvalue weighted by Gasteiger charge is 2.28. The summed E-state index contributed by atoms with van der Waals surface area (Å²) in [6.45, 7) is 6.64. The van der Waals surface area contributed by atoms with Crippen molar-refractivity contribution >= 4 is 31.9 Å². The Morgan fingerprint density at radius 1 is 0.816 bits per heavy atom. The molecular weight excluding hydrogens is 671 g/mol. The van der Waals surface area contributed by atoms with Crippen molar-refractivity contribution in [1.82, 2.24) is 20.1 Å². The Hall–Kier alpha value is -3.86. The number of hydrogen-bond acceptors (Lipinski definition) is 9. The number of aromatic hydroxyl groups is 1. The quantitative estimate of drug-likeness (QED) is 0.116. The van der Waals surface area contributed by atoms with Gasteiger partial charge in [0.25, 0.3) is 21.8 Å². The normalized spacial score (nSPS) is 13.2. The number of nitrogens with two attached hydrogens (primary N) is 1. The van der Waals surface area contributed by atoms with Gasteiger partial charge in [0.1, 0.15) is 5.75 Å². The lowest BCUT2D eigenvalue weighted by Crippen LogP contribution is -2.53. The molecule has 3 aromatic carbocycles. The lowest BCUT2D eigenvalue weighted by atomic mass is 9.99. The van der Waals surface area contributed by atoms with Crippen molar-refractivity contribution in [2.24, 2.45) is 5.14 Å². The number of carbonyl (C=O) groups excluding carboxylic acids is 2. The molecule has 0 radical (unpaired) electrons. The molecule has 15 heteroatoms. The monoisotopic (exact) mass is 717 g/mol. The van der Waals surface area contributed by atoms with E-state index in [4.69, 9.17) is 5.14 Å². The van der Waals surface area contributed by atoms with Crippen LogP contribution in [0.4, 0.5) is 0 Å². The predicted molar refractivity (Wildman–Crippen MR) is 187 cm³/mol. The molecule has 2 unspecified atom stereocenters. The summed E-state index contributed by atoms with van der Waals surface area (Å²) in [7, 11) is -8.32. The van der Waals surface area contributed by atoms with E-state index >= 15 is 0 Å². The minimum absolute atomic E-state index is 0.0168. The van der Waals surface area contributed by atoms with Gasteiger partial charge in [0.05, 0.1) is 21.9 Å². The number of rotatable bonds is 19. The molecule has 49 heavy (non-hydrogen) atoms. The topological polar surface area (TPSA) is 199 Å². The highest BCUT2D eigenvalue weighted by atomic mass is 32.2. The van der Waals surface area contributed by atoms with Crippen LogP contribution in [0.5, 0.6) is 5.75 Å². The first-order valence-electron chi connectivity index (χ1n) is 16.2. The molecule has 0 saturated heterocycles. The molecule has 0 saturated carbocycles. The molecule has 2 amide bonds. The van der Waals surface area contributed by atoms with Gasteiger partial charge in [-0.1, -0.05) is 57.5 Å². The van der Waals surface area contributed by atoms with Crippen molar-refractivity contribution in [2.75, 3.05) is 26.2 Å². The number of hydrazine groups is 1. The number of unbranched alkanes of at least 4 members (excludes halogenated alkanes) is 1. The Kier molecular flexibility index (Phi) is 14.7. The van der Waals surface area contributed by atoms with Crippen molar-refractivity contribution in [2.45, 2.75) is 74.8 Å². The number of sulfonamides is 2. The Labute approximate surface area is 289 Å². The molecule has 2 atom stereocenters. The first kappa shape index (κ1) is 39.6. The van der Waals surface area contributed by atoms with Crippen molar-refractivity contribution in [1.29, 1.82) is 0 Å². The van der Waals surface area contributed by atoms with Crippen LogP contribution in [0.3, 0.4) is 0 Å². The van der Waals surface area contributed by atoms with Gasteiger partial charge in [0, 0.05) is 37.3 Å². The number of phenolic OH excluding ortho intramolecular Hbond substituents is 1. The molecule has 13 nitrogen and oxygen atoms in total. The van der Waals surface area contributed by atoms with Crippen molar-refractivity contribution < 1.29 is 36.6 Å². The highest BCUT2D eigenvalue weighted by Crippen LogP contribution is 2.19. The van der Waals surface area contributed by atoms with Crippen LogP contribution in [0.1, 0.15) is 72.7 Å². The van der Waals surface area contributed by atoms with Crippen molar-refractivity contribution in [3.63, 3.8) is 0 Å². The van der Waals surface area contributed by atoms with Crippen molar-refractivity contribution in [3.05, 3.63) is 89.5 Å². The third-order valence-electron chi connectivity index (χ3n) is 7.68. The second kappa shape index (κ2) is 18.2. The maximum absolute atomic E-state index is 13.8. The number of amides is 2. The Morgan fingerprint density at radius 2 is 1.43 bits per heavy atom. The second-order valence-corrected chi connectivity index (χ2v) is 15.0. The van der Waals surface area contributed by atoms with E-state index in [-0.39, 0.29) is 41.3 Å². The summed E-state index contributed by atoms with van der Waals surface area (Å²) in [5.41, 5.74) is 0.435. The van der Waals surface area contributed by atoms with Crippen LogP contribution in [0.25, 0.3) is 0 Å². The van der Waals surface area contributed by atoms with Gasteiger partial charge in [-0.3, -0.25) is 9.59 Å². The molecule has 6 N–H and O–H groups in total. The smallest absolute Gasteiger partial charge is 0.253 e. The summed E-state index contributed by atoms with van der Waals surface area (Å²) in [6.07, 6.45) is 1.39. The van der Waals surface area contributed by atoms with E-state index in [1.54, 1.807) is 35.2 Å². The summed E-state index contributed by atoms with van der Waals surface area (Å²) >= 11 is 0. The molecule has 0 bridgehead atoms. The van der Waals surface area contributed by atoms with E-state index in [9.17, 15) is 36.6 Å². The average molecular weight is 718 g/mol. The van der Waals surface area contributed by atoms with Crippen LogP contribution < -0.4 is 15.3 Å². The van der Waals surface area contributed by atoms with Crippen LogP contribution in [-0.2, 0) is 26.5 Å². The zero-order valence-electron chi connectivity index (χ0n) is 28.1. The average Bonchev–Trinajstić information content (AvgIpc) is 3.07. The summed E-state index contributed by atoms with van der Waals surface area (Å²) in [5.74, 6) is -1.23. The van der Waals surface area contributed by atoms with E-state index in [1.165, 1.54) is 35.3 Å². The highest BCUT2D eigenvalue weighted by molar-refractivity contribution is 7.89.